The van der Waals surface area contributed by atoms with E-state index in [1.54, 1.807) is 0 Å². The first kappa shape index (κ1) is 10.8. The number of carbonyl (C=O) groups is 1. The SMILES string of the molecule is CC(=O)[C@@H](O)[C@@H](O)c1ccc(F)cc1. The standard InChI is InChI=1S/C10H11FO3/c1-6(12)9(13)10(14)7-2-4-8(11)5-3-7/h2-5,9-10,13-14H,1H3/t9-,10+/m1/s1. The molecule has 0 saturated heterocycles. The van der Waals surface area contributed by atoms with Gasteiger partial charge in [-0.05, 0) is 24.6 Å². The van der Waals surface area contributed by atoms with Crippen LogP contribution in [-0.4, -0.2) is 22.1 Å². The molecule has 0 bridgehead atoms. The number of aliphatic hydroxyl groups is 2. The Morgan fingerprint density at radius 1 is 1.29 bits per heavy atom. The minimum atomic E-state index is -1.46. The summed E-state index contributed by atoms with van der Waals surface area (Å²) in [7, 11) is 0. The third-order valence-corrected chi connectivity index (χ3v) is 1.93. The van der Waals surface area contributed by atoms with Gasteiger partial charge in [-0.3, -0.25) is 4.79 Å². The lowest BCUT2D eigenvalue weighted by atomic mass is 10.0. The number of halogens is 1. The summed E-state index contributed by atoms with van der Waals surface area (Å²) in [6.45, 7) is 1.18. The van der Waals surface area contributed by atoms with E-state index in [4.69, 9.17) is 0 Å². The van der Waals surface area contributed by atoms with Crippen LogP contribution in [0.15, 0.2) is 24.3 Å². The van der Waals surface area contributed by atoms with Crippen LogP contribution in [-0.2, 0) is 4.79 Å². The Morgan fingerprint density at radius 3 is 2.21 bits per heavy atom. The van der Waals surface area contributed by atoms with E-state index in [1.165, 1.54) is 19.1 Å². The summed E-state index contributed by atoms with van der Waals surface area (Å²) in [5.41, 5.74) is 0.314. The van der Waals surface area contributed by atoms with Crippen molar-refractivity contribution in [2.24, 2.45) is 0 Å². The van der Waals surface area contributed by atoms with Crippen LogP contribution in [0.2, 0.25) is 0 Å². The molecule has 0 amide bonds. The van der Waals surface area contributed by atoms with Crippen molar-refractivity contribution in [1.29, 1.82) is 0 Å². The average Bonchev–Trinajstić information content (AvgIpc) is 2.16. The van der Waals surface area contributed by atoms with Crippen LogP contribution in [0.5, 0.6) is 0 Å². The van der Waals surface area contributed by atoms with Crippen LogP contribution in [0, 0.1) is 5.82 Å². The van der Waals surface area contributed by atoms with Gasteiger partial charge in [0.15, 0.2) is 5.78 Å². The molecular weight excluding hydrogens is 187 g/mol. The van der Waals surface area contributed by atoms with Gasteiger partial charge in [0, 0.05) is 0 Å². The molecule has 0 heterocycles. The van der Waals surface area contributed by atoms with Gasteiger partial charge < -0.3 is 10.2 Å². The molecule has 0 unspecified atom stereocenters. The third kappa shape index (κ3) is 2.37. The quantitative estimate of drug-likeness (QED) is 0.755. The molecule has 14 heavy (non-hydrogen) atoms. The van der Waals surface area contributed by atoms with Gasteiger partial charge >= 0.3 is 0 Å². The number of benzene rings is 1. The van der Waals surface area contributed by atoms with Gasteiger partial charge in [-0.15, -0.1) is 0 Å². The molecule has 0 aliphatic heterocycles. The van der Waals surface area contributed by atoms with Crippen LogP contribution in [0.4, 0.5) is 4.39 Å². The Morgan fingerprint density at radius 2 is 1.79 bits per heavy atom. The Labute approximate surface area is 80.8 Å². The van der Waals surface area contributed by atoms with Crippen molar-refractivity contribution in [3.8, 4) is 0 Å². The first-order valence-corrected chi connectivity index (χ1v) is 4.14. The molecule has 0 aliphatic carbocycles. The number of ketones is 1. The highest BCUT2D eigenvalue weighted by Crippen LogP contribution is 2.17. The Hall–Kier alpha value is -1.26. The summed E-state index contributed by atoms with van der Waals surface area (Å²) in [5.74, 6) is -0.958. The summed E-state index contributed by atoms with van der Waals surface area (Å²) >= 11 is 0. The minimum absolute atomic E-state index is 0.314. The maximum atomic E-state index is 12.5. The Bertz CT molecular complexity index is 321. The molecule has 0 radical (unpaired) electrons. The van der Waals surface area contributed by atoms with Crippen molar-refractivity contribution < 1.29 is 19.4 Å². The molecule has 1 aromatic carbocycles. The van der Waals surface area contributed by atoms with E-state index in [0.717, 1.165) is 12.1 Å². The molecule has 0 spiro atoms. The zero-order chi connectivity index (χ0) is 10.7. The first-order valence-electron chi connectivity index (χ1n) is 4.14. The summed E-state index contributed by atoms with van der Waals surface area (Å²) in [6.07, 6.45) is -2.76. The van der Waals surface area contributed by atoms with Crippen LogP contribution in [0.1, 0.15) is 18.6 Å². The third-order valence-electron chi connectivity index (χ3n) is 1.93. The largest absolute Gasteiger partial charge is 0.385 e. The van der Waals surface area contributed by atoms with Crippen molar-refractivity contribution >= 4 is 5.78 Å². The maximum Gasteiger partial charge on any atom is 0.161 e. The summed E-state index contributed by atoms with van der Waals surface area (Å²) in [6, 6.07) is 4.97. The highest BCUT2D eigenvalue weighted by Gasteiger charge is 2.21. The number of aliphatic hydroxyl groups excluding tert-OH is 2. The molecule has 2 atom stereocenters. The van der Waals surface area contributed by atoms with E-state index in [9.17, 15) is 19.4 Å². The molecule has 0 fully saturated rings. The average molecular weight is 198 g/mol. The second kappa shape index (κ2) is 4.30. The summed E-state index contributed by atoms with van der Waals surface area (Å²) < 4.78 is 12.5. The topological polar surface area (TPSA) is 57.5 Å². The van der Waals surface area contributed by atoms with Crippen molar-refractivity contribution in [3.05, 3.63) is 35.6 Å². The van der Waals surface area contributed by atoms with Crippen molar-refractivity contribution in [2.75, 3.05) is 0 Å². The molecule has 3 nitrogen and oxygen atoms in total. The minimum Gasteiger partial charge on any atom is -0.385 e. The fourth-order valence-electron chi connectivity index (χ4n) is 1.06. The predicted octanol–water partition coefficient (Wildman–Crippen LogP) is 0.809. The van der Waals surface area contributed by atoms with E-state index < -0.39 is 23.8 Å². The Kier molecular flexibility index (Phi) is 3.33. The predicted molar refractivity (Wildman–Crippen MR) is 48.0 cm³/mol. The van der Waals surface area contributed by atoms with Gasteiger partial charge in [0.1, 0.15) is 18.0 Å². The van der Waals surface area contributed by atoms with Gasteiger partial charge in [-0.25, -0.2) is 4.39 Å². The van der Waals surface area contributed by atoms with E-state index in [1.807, 2.05) is 0 Å². The van der Waals surface area contributed by atoms with E-state index in [0.29, 0.717) is 5.56 Å². The van der Waals surface area contributed by atoms with Gasteiger partial charge in [-0.1, -0.05) is 12.1 Å². The molecule has 1 rings (SSSR count). The number of rotatable bonds is 3. The Balaban J connectivity index is 2.84. The second-order valence-electron chi connectivity index (χ2n) is 3.05. The molecule has 0 saturated carbocycles. The normalized spacial score (nSPS) is 14.9. The first-order chi connectivity index (χ1) is 6.52. The number of carbonyl (C=O) groups excluding carboxylic acids is 1. The van der Waals surface area contributed by atoms with Crippen molar-refractivity contribution in [3.63, 3.8) is 0 Å². The fraction of sp³-hybridized carbons (Fsp3) is 0.300. The monoisotopic (exact) mass is 198 g/mol. The molecule has 1 aromatic rings. The number of hydrogen-bond donors (Lipinski definition) is 2. The second-order valence-corrected chi connectivity index (χ2v) is 3.05. The summed E-state index contributed by atoms with van der Waals surface area (Å²) in [4.78, 5) is 10.7. The van der Waals surface area contributed by atoms with Gasteiger partial charge in [-0.2, -0.15) is 0 Å². The highest BCUT2D eigenvalue weighted by molar-refractivity contribution is 5.80. The lowest BCUT2D eigenvalue weighted by Gasteiger charge is -2.15. The van der Waals surface area contributed by atoms with Crippen LogP contribution in [0.3, 0.4) is 0 Å². The zero-order valence-electron chi connectivity index (χ0n) is 7.64. The van der Waals surface area contributed by atoms with Gasteiger partial charge in [0.25, 0.3) is 0 Å². The fourth-order valence-corrected chi connectivity index (χ4v) is 1.06. The van der Waals surface area contributed by atoms with E-state index >= 15 is 0 Å². The number of Topliss-reactive ketones (excluding diaryl/α,β-unsaturated/α-hetero) is 1. The van der Waals surface area contributed by atoms with Crippen LogP contribution in [0.25, 0.3) is 0 Å². The van der Waals surface area contributed by atoms with Crippen molar-refractivity contribution in [1.82, 2.24) is 0 Å². The summed E-state index contributed by atoms with van der Waals surface area (Å²) in [5, 5.41) is 18.7. The van der Waals surface area contributed by atoms with Crippen LogP contribution < -0.4 is 0 Å². The van der Waals surface area contributed by atoms with E-state index in [2.05, 4.69) is 0 Å². The van der Waals surface area contributed by atoms with E-state index in [-0.39, 0.29) is 0 Å². The molecule has 76 valence electrons. The highest BCUT2D eigenvalue weighted by atomic mass is 19.1. The molecule has 4 heteroatoms. The lowest BCUT2D eigenvalue weighted by Crippen LogP contribution is -2.25. The molecule has 0 aliphatic rings. The zero-order valence-corrected chi connectivity index (χ0v) is 7.64. The molecule has 0 aromatic heterocycles. The van der Waals surface area contributed by atoms with Gasteiger partial charge in [0.2, 0.25) is 0 Å². The molecular formula is C10H11FO3. The smallest absolute Gasteiger partial charge is 0.161 e. The maximum absolute atomic E-state index is 12.5. The van der Waals surface area contributed by atoms with Crippen molar-refractivity contribution in [2.45, 2.75) is 19.1 Å². The molecule has 2 N–H and O–H groups in total. The number of hydrogen-bond acceptors (Lipinski definition) is 3. The van der Waals surface area contributed by atoms with Gasteiger partial charge in [0.05, 0.1) is 0 Å². The lowest BCUT2D eigenvalue weighted by molar-refractivity contribution is -0.130. The van der Waals surface area contributed by atoms with Crippen LogP contribution >= 0.6 is 0 Å².